The Hall–Kier alpha value is -2.84. The summed E-state index contributed by atoms with van der Waals surface area (Å²) in [6.45, 7) is 0.271. The molecule has 0 bridgehead atoms. The number of methoxy groups -OCH3 is 1. The van der Waals surface area contributed by atoms with Gasteiger partial charge in [0.15, 0.2) is 5.82 Å². The van der Waals surface area contributed by atoms with Crippen molar-refractivity contribution in [1.82, 2.24) is 20.1 Å². The quantitative estimate of drug-likeness (QED) is 0.661. The SMILES string of the molecule is COCc1ncc(-c2noc(CC(O)Cc3ccccc3)n2)c(N)n1. The minimum absolute atomic E-state index is 0.249. The van der Waals surface area contributed by atoms with Crippen LogP contribution in [0.25, 0.3) is 11.4 Å². The van der Waals surface area contributed by atoms with Crippen molar-refractivity contribution in [1.29, 1.82) is 0 Å². The van der Waals surface area contributed by atoms with E-state index in [4.69, 9.17) is 15.0 Å². The number of aliphatic hydroxyl groups is 1. The highest BCUT2D eigenvalue weighted by Gasteiger charge is 2.16. The second kappa shape index (κ2) is 7.82. The van der Waals surface area contributed by atoms with E-state index in [0.717, 1.165) is 5.56 Å². The lowest BCUT2D eigenvalue weighted by atomic mass is 10.1. The number of nitrogens with two attached hydrogens (primary N) is 1. The number of ether oxygens (including phenoxy) is 1. The van der Waals surface area contributed by atoms with Crippen LogP contribution in [0.15, 0.2) is 41.1 Å². The van der Waals surface area contributed by atoms with Gasteiger partial charge in [0.05, 0.1) is 18.1 Å². The Kier molecular flexibility index (Phi) is 5.32. The van der Waals surface area contributed by atoms with Crippen molar-refractivity contribution in [2.24, 2.45) is 0 Å². The van der Waals surface area contributed by atoms with Gasteiger partial charge in [-0.05, 0) is 12.0 Å². The van der Waals surface area contributed by atoms with Gasteiger partial charge >= 0.3 is 0 Å². The van der Waals surface area contributed by atoms with E-state index in [0.29, 0.717) is 29.5 Å². The van der Waals surface area contributed by atoms with E-state index in [9.17, 15) is 5.11 Å². The predicted octanol–water partition coefficient (Wildman–Crippen LogP) is 1.40. The van der Waals surface area contributed by atoms with Gasteiger partial charge in [0, 0.05) is 13.3 Å². The molecule has 3 aromatic rings. The Morgan fingerprint density at radius 3 is 2.72 bits per heavy atom. The number of nitrogens with zero attached hydrogens (tertiary/aromatic N) is 4. The summed E-state index contributed by atoms with van der Waals surface area (Å²) in [4.78, 5) is 12.5. The summed E-state index contributed by atoms with van der Waals surface area (Å²) in [5.41, 5.74) is 7.44. The second-order valence-corrected chi connectivity index (χ2v) is 5.58. The van der Waals surface area contributed by atoms with Crippen LogP contribution < -0.4 is 5.73 Å². The third-order valence-electron chi connectivity index (χ3n) is 3.57. The molecule has 2 heterocycles. The molecular formula is C17H19N5O3. The highest BCUT2D eigenvalue weighted by atomic mass is 16.5. The van der Waals surface area contributed by atoms with E-state index in [1.807, 2.05) is 30.3 Å². The molecule has 1 aromatic carbocycles. The van der Waals surface area contributed by atoms with Crippen molar-refractivity contribution in [3.63, 3.8) is 0 Å². The largest absolute Gasteiger partial charge is 0.392 e. The van der Waals surface area contributed by atoms with E-state index in [2.05, 4.69) is 20.1 Å². The summed E-state index contributed by atoms with van der Waals surface area (Å²) in [7, 11) is 1.56. The van der Waals surface area contributed by atoms with Crippen LogP contribution in [0, 0.1) is 0 Å². The molecule has 0 saturated heterocycles. The molecular weight excluding hydrogens is 322 g/mol. The van der Waals surface area contributed by atoms with Crippen LogP contribution in [0.1, 0.15) is 17.3 Å². The first-order valence-electron chi connectivity index (χ1n) is 7.81. The van der Waals surface area contributed by atoms with Crippen LogP contribution in [0.2, 0.25) is 0 Å². The normalized spacial score (nSPS) is 12.2. The van der Waals surface area contributed by atoms with Crippen molar-refractivity contribution < 1.29 is 14.4 Å². The summed E-state index contributed by atoms with van der Waals surface area (Å²) in [5.74, 6) is 1.35. The Morgan fingerprint density at radius 1 is 1.20 bits per heavy atom. The van der Waals surface area contributed by atoms with Crippen LogP contribution >= 0.6 is 0 Å². The number of benzene rings is 1. The summed E-state index contributed by atoms with van der Waals surface area (Å²) in [6, 6.07) is 9.72. The Morgan fingerprint density at radius 2 is 2.00 bits per heavy atom. The van der Waals surface area contributed by atoms with E-state index in [1.54, 1.807) is 7.11 Å². The number of hydrogen-bond donors (Lipinski definition) is 2. The lowest BCUT2D eigenvalue weighted by Gasteiger charge is -2.07. The van der Waals surface area contributed by atoms with Gasteiger partial charge < -0.3 is 20.1 Å². The van der Waals surface area contributed by atoms with Gasteiger partial charge in [0.1, 0.15) is 12.4 Å². The molecule has 2 aromatic heterocycles. The molecule has 3 rings (SSSR count). The second-order valence-electron chi connectivity index (χ2n) is 5.58. The number of nitrogen functional groups attached to an aromatic ring is 1. The summed E-state index contributed by atoms with van der Waals surface area (Å²) in [6.07, 6.45) is 1.68. The van der Waals surface area contributed by atoms with E-state index >= 15 is 0 Å². The zero-order valence-corrected chi connectivity index (χ0v) is 13.8. The van der Waals surface area contributed by atoms with Crippen LogP contribution in [-0.4, -0.2) is 38.4 Å². The van der Waals surface area contributed by atoms with Gasteiger partial charge in [-0.25, -0.2) is 9.97 Å². The maximum absolute atomic E-state index is 10.2. The van der Waals surface area contributed by atoms with Crippen LogP contribution in [-0.2, 0) is 24.2 Å². The minimum Gasteiger partial charge on any atom is -0.392 e. The molecule has 1 unspecified atom stereocenters. The van der Waals surface area contributed by atoms with Crippen molar-refractivity contribution in [3.8, 4) is 11.4 Å². The average Bonchev–Trinajstić information content (AvgIpc) is 3.04. The van der Waals surface area contributed by atoms with Gasteiger partial charge in [0.25, 0.3) is 0 Å². The minimum atomic E-state index is -0.617. The van der Waals surface area contributed by atoms with Crippen molar-refractivity contribution in [2.45, 2.75) is 25.6 Å². The highest BCUT2D eigenvalue weighted by Crippen LogP contribution is 2.21. The number of anilines is 1. The maximum atomic E-state index is 10.2. The summed E-state index contributed by atoms with van der Waals surface area (Å²) < 4.78 is 10.2. The fourth-order valence-corrected chi connectivity index (χ4v) is 2.41. The summed E-state index contributed by atoms with van der Waals surface area (Å²) >= 11 is 0. The first kappa shape index (κ1) is 17.0. The fraction of sp³-hybridized carbons (Fsp3) is 0.294. The zero-order chi connectivity index (χ0) is 17.6. The molecule has 0 amide bonds. The zero-order valence-electron chi connectivity index (χ0n) is 13.8. The third kappa shape index (κ3) is 4.37. The first-order valence-corrected chi connectivity index (χ1v) is 7.81. The molecule has 3 N–H and O–H groups in total. The van der Waals surface area contributed by atoms with Crippen LogP contribution in [0.4, 0.5) is 5.82 Å². The Labute approximate surface area is 144 Å². The maximum Gasteiger partial charge on any atom is 0.229 e. The Bertz CT molecular complexity index is 822. The molecule has 0 saturated carbocycles. The molecule has 0 fully saturated rings. The van der Waals surface area contributed by atoms with Crippen molar-refractivity contribution in [3.05, 3.63) is 53.8 Å². The molecule has 0 spiro atoms. The lowest BCUT2D eigenvalue weighted by molar-refractivity contribution is 0.162. The molecule has 0 aliphatic carbocycles. The average molecular weight is 341 g/mol. The molecule has 1 atom stereocenters. The fourth-order valence-electron chi connectivity index (χ4n) is 2.41. The number of aromatic nitrogens is 4. The topological polar surface area (TPSA) is 120 Å². The molecule has 130 valence electrons. The number of aliphatic hydroxyl groups excluding tert-OH is 1. The highest BCUT2D eigenvalue weighted by molar-refractivity contribution is 5.66. The van der Waals surface area contributed by atoms with Gasteiger partial charge in [0.2, 0.25) is 11.7 Å². The summed E-state index contributed by atoms with van der Waals surface area (Å²) in [5, 5.41) is 14.1. The van der Waals surface area contributed by atoms with Crippen molar-refractivity contribution >= 4 is 5.82 Å². The molecule has 8 nitrogen and oxygen atoms in total. The third-order valence-corrected chi connectivity index (χ3v) is 3.57. The van der Waals surface area contributed by atoms with Gasteiger partial charge in [-0.1, -0.05) is 35.5 Å². The van der Waals surface area contributed by atoms with Crippen LogP contribution in [0.5, 0.6) is 0 Å². The van der Waals surface area contributed by atoms with E-state index in [1.165, 1.54) is 6.20 Å². The molecule has 0 aliphatic heterocycles. The predicted molar refractivity (Wildman–Crippen MR) is 90.3 cm³/mol. The molecule has 25 heavy (non-hydrogen) atoms. The van der Waals surface area contributed by atoms with Gasteiger partial charge in [-0.2, -0.15) is 4.98 Å². The Balaban J connectivity index is 1.68. The number of rotatable bonds is 7. The van der Waals surface area contributed by atoms with Gasteiger partial charge in [-0.3, -0.25) is 0 Å². The van der Waals surface area contributed by atoms with Crippen LogP contribution in [0.3, 0.4) is 0 Å². The lowest BCUT2D eigenvalue weighted by Crippen LogP contribution is -2.14. The number of hydrogen-bond acceptors (Lipinski definition) is 8. The molecule has 8 heteroatoms. The smallest absolute Gasteiger partial charge is 0.229 e. The standard InChI is InChI=1S/C17H19N5O3/c1-24-10-14-19-9-13(16(18)20-14)17-21-15(25-22-17)8-12(23)7-11-5-3-2-4-6-11/h2-6,9,12,23H,7-8,10H2,1H3,(H2,18,19,20). The van der Waals surface area contributed by atoms with Gasteiger partial charge in [-0.15, -0.1) is 0 Å². The van der Waals surface area contributed by atoms with E-state index < -0.39 is 6.10 Å². The van der Waals surface area contributed by atoms with Crippen molar-refractivity contribution in [2.75, 3.05) is 12.8 Å². The first-order chi connectivity index (χ1) is 12.2. The molecule has 0 aliphatic rings. The van der Waals surface area contributed by atoms with E-state index in [-0.39, 0.29) is 18.8 Å². The monoisotopic (exact) mass is 341 g/mol. The molecule has 0 radical (unpaired) electrons.